The molecule has 10 nitrogen and oxygen atoms in total. The number of rotatable bonds is 47. The quantitative estimate of drug-likeness (QED) is 0.0349. The smallest absolute Gasteiger partial charge is 0.407 e. The number of carbonyl (C=O) groups excluding carboxylic acids is 3. The molecule has 0 radical (unpaired) electrons. The lowest BCUT2D eigenvalue weighted by atomic mass is 9.96. The number of amides is 1. The molecule has 0 aliphatic carbocycles. The van der Waals surface area contributed by atoms with Crippen LogP contribution in [0.25, 0.3) is 0 Å². The molecule has 0 spiro atoms. The van der Waals surface area contributed by atoms with Gasteiger partial charge < -0.3 is 34.3 Å². The third-order valence-corrected chi connectivity index (χ3v) is 11.9. The van der Waals surface area contributed by atoms with Crippen molar-refractivity contribution in [1.29, 1.82) is 0 Å². The Kier molecular flexibility index (Phi) is 43.9. The topological polar surface area (TPSA) is 121 Å². The molecular weight excluding hydrogens is 793 g/mol. The average Bonchev–Trinajstić information content (AvgIpc) is 3.25. The first kappa shape index (κ1) is 61.1. The van der Waals surface area contributed by atoms with Crippen LogP contribution in [0.4, 0.5) is 4.79 Å². The van der Waals surface area contributed by atoms with Crippen LogP contribution >= 0.6 is 0 Å². The molecule has 374 valence electrons. The summed E-state index contributed by atoms with van der Waals surface area (Å²) in [5, 5.41) is 6.47. The van der Waals surface area contributed by atoms with Crippen LogP contribution < -0.4 is 10.6 Å². The lowest BCUT2D eigenvalue weighted by Gasteiger charge is -2.19. The summed E-state index contributed by atoms with van der Waals surface area (Å²) in [7, 11) is 0. The standard InChI is InChI=1S/C53H104N2O8/c1-8-12-16-25-33-47(31-14-10-3)45-61-50(56)37-29-23-19-18-21-27-35-49(54-39-41-59-43-44-60-42-40-55-52(58)63-53(5,6)7)36-28-22-20-24-30-38-51(57)62-46-48(32-15-11-4)34-26-17-13-9-2/h47-49,54H,8-46H2,1-7H3,(H,55,58). The molecule has 0 saturated heterocycles. The fraction of sp³-hybridized carbons (Fsp3) is 0.943. The number of hydrogen-bond acceptors (Lipinski definition) is 9. The molecule has 0 aromatic rings. The lowest BCUT2D eigenvalue weighted by Crippen LogP contribution is -2.34. The summed E-state index contributed by atoms with van der Waals surface area (Å²) >= 11 is 0. The Morgan fingerprint density at radius 1 is 0.444 bits per heavy atom. The zero-order valence-corrected chi connectivity index (χ0v) is 42.6. The summed E-state index contributed by atoms with van der Waals surface area (Å²) in [6.45, 7) is 18.9. The second-order valence-corrected chi connectivity index (χ2v) is 19.4. The van der Waals surface area contributed by atoms with Crippen LogP contribution in [0.5, 0.6) is 0 Å². The molecule has 0 fully saturated rings. The fourth-order valence-corrected chi connectivity index (χ4v) is 8.00. The van der Waals surface area contributed by atoms with Crippen molar-refractivity contribution in [1.82, 2.24) is 10.6 Å². The van der Waals surface area contributed by atoms with Gasteiger partial charge in [-0.15, -0.1) is 0 Å². The van der Waals surface area contributed by atoms with Gasteiger partial charge in [0, 0.05) is 32.0 Å². The molecule has 2 N–H and O–H groups in total. The van der Waals surface area contributed by atoms with Gasteiger partial charge in [0.05, 0.1) is 39.6 Å². The maximum Gasteiger partial charge on any atom is 0.407 e. The number of alkyl carbamates (subject to hydrolysis) is 1. The Bertz CT molecular complexity index is 1020. The predicted octanol–water partition coefficient (Wildman–Crippen LogP) is 14.0. The summed E-state index contributed by atoms with van der Waals surface area (Å²) in [5.74, 6) is 1.01. The van der Waals surface area contributed by atoms with E-state index >= 15 is 0 Å². The van der Waals surface area contributed by atoms with Gasteiger partial charge in [0.2, 0.25) is 0 Å². The largest absolute Gasteiger partial charge is 0.465 e. The number of esters is 2. The second-order valence-electron chi connectivity index (χ2n) is 19.4. The minimum absolute atomic E-state index is 0.0137. The Balaban J connectivity index is 4.48. The van der Waals surface area contributed by atoms with E-state index in [1.165, 1.54) is 141 Å². The van der Waals surface area contributed by atoms with Gasteiger partial charge in [-0.25, -0.2) is 4.79 Å². The maximum absolute atomic E-state index is 12.5. The van der Waals surface area contributed by atoms with E-state index in [9.17, 15) is 14.4 Å². The van der Waals surface area contributed by atoms with E-state index < -0.39 is 11.7 Å². The summed E-state index contributed by atoms with van der Waals surface area (Å²) in [6.07, 6.45) is 35.0. The molecule has 0 rings (SSSR count). The van der Waals surface area contributed by atoms with Crippen LogP contribution in [0.2, 0.25) is 0 Å². The van der Waals surface area contributed by atoms with Crippen LogP contribution in [-0.2, 0) is 33.3 Å². The van der Waals surface area contributed by atoms with Gasteiger partial charge in [0.25, 0.3) is 0 Å². The van der Waals surface area contributed by atoms with Gasteiger partial charge in [-0.1, -0.05) is 163 Å². The van der Waals surface area contributed by atoms with Crippen molar-refractivity contribution in [3.63, 3.8) is 0 Å². The van der Waals surface area contributed by atoms with Crippen molar-refractivity contribution in [3.8, 4) is 0 Å². The first-order valence-electron chi connectivity index (χ1n) is 26.7. The zero-order valence-electron chi connectivity index (χ0n) is 42.6. The Hall–Kier alpha value is -1.91. The third-order valence-electron chi connectivity index (χ3n) is 11.9. The van der Waals surface area contributed by atoms with Gasteiger partial charge in [-0.2, -0.15) is 0 Å². The van der Waals surface area contributed by atoms with Crippen LogP contribution in [0.1, 0.15) is 248 Å². The summed E-state index contributed by atoms with van der Waals surface area (Å²) < 4.78 is 28.2. The van der Waals surface area contributed by atoms with Crippen LogP contribution in [0.3, 0.4) is 0 Å². The molecule has 0 aliphatic heterocycles. The number of ether oxygens (including phenoxy) is 5. The van der Waals surface area contributed by atoms with Gasteiger partial charge in [0.1, 0.15) is 5.60 Å². The van der Waals surface area contributed by atoms with Crippen molar-refractivity contribution in [2.24, 2.45) is 11.8 Å². The van der Waals surface area contributed by atoms with Crippen molar-refractivity contribution < 1.29 is 38.1 Å². The normalized spacial score (nSPS) is 13.1. The molecule has 63 heavy (non-hydrogen) atoms. The average molecular weight is 897 g/mol. The number of carbonyl (C=O) groups is 3. The van der Waals surface area contributed by atoms with E-state index in [-0.39, 0.29) is 11.9 Å². The highest BCUT2D eigenvalue weighted by Gasteiger charge is 2.16. The molecule has 0 saturated carbocycles. The fourth-order valence-electron chi connectivity index (χ4n) is 8.00. The van der Waals surface area contributed by atoms with Crippen LogP contribution in [-0.4, -0.2) is 82.4 Å². The molecule has 1 amide bonds. The highest BCUT2D eigenvalue weighted by molar-refractivity contribution is 5.69. The van der Waals surface area contributed by atoms with E-state index in [0.717, 1.165) is 51.5 Å². The molecule has 0 aliphatic rings. The third kappa shape index (κ3) is 45.0. The van der Waals surface area contributed by atoms with E-state index in [1.54, 1.807) is 0 Å². The van der Waals surface area contributed by atoms with Crippen molar-refractivity contribution in [2.45, 2.75) is 259 Å². The monoisotopic (exact) mass is 897 g/mol. The molecular formula is C53H104N2O8. The second kappa shape index (κ2) is 45.3. The number of nitrogens with one attached hydrogen (secondary N) is 2. The molecule has 10 heteroatoms. The molecule has 0 heterocycles. The Morgan fingerprint density at radius 2 is 0.825 bits per heavy atom. The number of hydrogen-bond donors (Lipinski definition) is 2. The van der Waals surface area contributed by atoms with Crippen LogP contribution in [0.15, 0.2) is 0 Å². The Morgan fingerprint density at radius 3 is 1.27 bits per heavy atom. The van der Waals surface area contributed by atoms with E-state index in [0.29, 0.717) is 76.9 Å². The van der Waals surface area contributed by atoms with Crippen LogP contribution in [0, 0.1) is 11.8 Å². The summed E-state index contributed by atoms with van der Waals surface area (Å²) in [4.78, 5) is 36.8. The molecule has 0 bridgehead atoms. The SMILES string of the molecule is CCCCCCC(CCCC)COC(=O)CCCCCCCCC(CCCCCCCC(=O)OCC(CCCC)CCCCCC)NCCOCCOCCNC(=O)OC(C)(C)C. The maximum atomic E-state index is 12.5. The minimum Gasteiger partial charge on any atom is -0.465 e. The van der Waals surface area contributed by atoms with Gasteiger partial charge >= 0.3 is 18.0 Å². The van der Waals surface area contributed by atoms with Gasteiger partial charge in [-0.05, 0) is 84.0 Å². The minimum atomic E-state index is -0.515. The van der Waals surface area contributed by atoms with E-state index in [1.807, 2.05) is 20.8 Å². The number of unbranched alkanes of at least 4 members (excludes halogenated alkanes) is 17. The lowest BCUT2D eigenvalue weighted by molar-refractivity contribution is -0.146. The van der Waals surface area contributed by atoms with Crippen molar-refractivity contribution in [2.75, 3.05) is 52.7 Å². The summed E-state index contributed by atoms with van der Waals surface area (Å²) in [6, 6.07) is 0.462. The molecule has 3 unspecified atom stereocenters. The van der Waals surface area contributed by atoms with Crippen molar-refractivity contribution in [3.05, 3.63) is 0 Å². The highest BCUT2D eigenvalue weighted by Crippen LogP contribution is 2.21. The van der Waals surface area contributed by atoms with E-state index in [4.69, 9.17) is 23.7 Å². The zero-order chi connectivity index (χ0) is 46.5. The van der Waals surface area contributed by atoms with E-state index in [2.05, 4.69) is 38.3 Å². The summed E-state index contributed by atoms with van der Waals surface area (Å²) in [5.41, 5.74) is -0.515. The Labute approximate surface area is 389 Å². The highest BCUT2D eigenvalue weighted by atomic mass is 16.6. The molecule has 0 aromatic carbocycles. The van der Waals surface area contributed by atoms with Gasteiger partial charge in [-0.3, -0.25) is 9.59 Å². The van der Waals surface area contributed by atoms with Gasteiger partial charge in [0.15, 0.2) is 0 Å². The van der Waals surface area contributed by atoms with Crippen molar-refractivity contribution >= 4 is 18.0 Å². The molecule has 3 atom stereocenters. The first-order chi connectivity index (χ1) is 30.5. The molecule has 0 aromatic heterocycles. The predicted molar refractivity (Wildman–Crippen MR) is 262 cm³/mol. The first-order valence-corrected chi connectivity index (χ1v) is 26.7.